The number of rotatable bonds is 6. The number of fused-ring (bicyclic) bond motifs is 3. The second kappa shape index (κ2) is 7.09. The second-order valence-corrected chi connectivity index (χ2v) is 7.84. The first-order valence-electron chi connectivity index (χ1n) is 8.77. The molecule has 0 unspecified atom stereocenters. The number of furan rings is 1. The number of hydrogen-bond acceptors (Lipinski definition) is 5. The Labute approximate surface area is 162 Å². The number of hydrogen-bond donors (Lipinski definition) is 1. The summed E-state index contributed by atoms with van der Waals surface area (Å²) in [6.07, 6.45) is 0. The lowest BCUT2D eigenvalue weighted by Gasteiger charge is -2.12. The first kappa shape index (κ1) is 18.2. The molecule has 0 radical (unpaired) electrons. The van der Waals surface area contributed by atoms with E-state index in [1.54, 1.807) is 24.3 Å². The third kappa shape index (κ3) is 3.25. The molecule has 0 atom stereocenters. The fourth-order valence-electron chi connectivity index (χ4n) is 3.09. The summed E-state index contributed by atoms with van der Waals surface area (Å²) in [4.78, 5) is 0.128. The minimum Gasteiger partial charge on any atom is -0.495 e. The Hall–Kier alpha value is -3.19. The fraction of sp³-hybridized carbons (Fsp3) is 0.143. The van der Waals surface area contributed by atoms with Crippen LogP contribution in [0.5, 0.6) is 11.5 Å². The maximum absolute atomic E-state index is 12.8. The van der Waals surface area contributed by atoms with E-state index in [1.165, 1.54) is 19.2 Å². The quantitative estimate of drug-likeness (QED) is 0.506. The largest absolute Gasteiger partial charge is 0.495 e. The number of nitrogens with one attached hydrogen (secondary N) is 1. The highest BCUT2D eigenvalue weighted by molar-refractivity contribution is 7.92. The standard InChI is InChI=1S/C21H19NO5S/c1-3-26-14-8-10-15(11-9-14)28(23,24)22-18-13-20-17(12-21(18)25-2)16-6-4-5-7-19(16)27-20/h4-13,22H,3H2,1-2H3. The van der Waals surface area contributed by atoms with Gasteiger partial charge in [-0.1, -0.05) is 18.2 Å². The molecular weight excluding hydrogens is 378 g/mol. The summed E-state index contributed by atoms with van der Waals surface area (Å²) in [5, 5.41) is 1.80. The van der Waals surface area contributed by atoms with Gasteiger partial charge in [-0.3, -0.25) is 4.72 Å². The van der Waals surface area contributed by atoms with Gasteiger partial charge in [-0.15, -0.1) is 0 Å². The Kier molecular flexibility index (Phi) is 4.60. The van der Waals surface area contributed by atoms with E-state index in [-0.39, 0.29) is 4.90 Å². The van der Waals surface area contributed by atoms with Gasteiger partial charge in [-0.05, 0) is 43.3 Å². The van der Waals surface area contributed by atoms with Crippen molar-refractivity contribution in [2.75, 3.05) is 18.4 Å². The molecule has 0 aliphatic rings. The van der Waals surface area contributed by atoms with Crippen LogP contribution in [0.4, 0.5) is 5.69 Å². The molecule has 0 spiro atoms. The maximum Gasteiger partial charge on any atom is 0.262 e. The molecule has 0 saturated heterocycles. The van der Waals surface area contributed by atoms with Crippen LogP contribution in [0.1, 0.15) is 6.92 Å². The third-order valence-corrected chi connectivity index (χ3v) is 5.77. The number of ether oxygens (including phenoxy) is 2. The minimum atomic E-state index is -3.80. The van der Waals surface area contributed by atoms with Crippen LogP contribution < -0.4 is 14.2 Å². The highest BCUT2D eigenvalue weighted by Crippen LogP contribution is 2.37. The molecule has 4 aromatic rings. The van der Waals surface area contributed by atoms with Crippen LogP contribution in [0.2, 0.25) is 0 Å². The molecule has 144 valence electrons. The zero-order chi connectivity index (χ0) is 19.7. The van der Waals surface area contributed by atoms with Gasteiger partial charge in [0.15, 0.2) is 0 Å². The van der Waals surface area contributed by atoms with Gasteiger partial charge in [0.05, 0.1) is 24.3 Å². The molecule has 4 rings (SSSR count). The molecule has 6 nitrogen and oxygen atoms in total. The van der Waals surface area contributed by atoms with E-state index in [0.717, 1.165) is 16.4 Å². The SMILES string of the molecule is CCOc1ccc(S(=O)(=O)Nc2cc3oc4ccccc4c3cc2OC)cc1. The van der Waals surface area contributed by atoms with E-state index in [1.807, 2.05) is 31.2 Å². The summed E-state index contributed by atoms with van der Waals surface area (Å²) in [5.41, 5.74) is 1.61. The minimum absolute atomic E-state index is 0.128. The molecule has 28 heavy (non-hydrogen) atoms. The van der Waals surface area contributed by atoms with Gasteiger partial charge in [0.2, 0.25) is 0 Å². The van der Waals surface area contributed by atoms with Crippen LogP contribution in [0, 0.1) is 0 Å². The van der Waals surface area contributed by atoms with Crippen molar-refractivity contribution in [3.63, 3.8) is 0 Å². The van der Waals surface area contributed by atoms with Crippen LogP contribution in [0.25, 0.3) is 21.9 Å². The van der Waals surface area contributed by atoms with Crippen molar-refractivity contribution in [2.24, 2.45) is 0 Å². The average Bonchev–Trinajstić information content (AvgIpc) is 3.05. The highest BCUT2D eigenvalue weighted by atomic mass is 32.2. The summed E-state index contributed by atoms with van der Waals surface area (Å²) in [6.45, 7) is 2.38. The van der Waals surface area contributed by atoms with Gasteiger partial charge < -0.3 is 13.9 Å². The number of anilines is 1. The Morgan fingerprint density at radius 2 is 1.71 bits per heavy atom. The molecule has 1 N–H and O–H groups in total. The lowest BCUT2D eigenvalue weighted by atomic mass is 10.1. The van der Waals surface area contributed by atoms with Crippen LogP contribution in [0.15, 0.2) is 70.0 Å². The molecule has 7 heteroatoms. The van der Waals surface area contributed by atoms with Gasteiger partial charge in [-0.2, -0.15) is 0 Å². The number of sulfonamides is 1. The lowest BCUT2D eigenvalue weighted by molar-refractivity contribution is 0.340. The van der Waals surface area contributed by atoms with Crippen molar-refractivity contribution < 1.29 is 22.3 Å². The molecule has 0 amide bonds. The van der Waals surface area contributed by atoms with Crippen molar-refractivity contribution >= 4 is 37.6 Å². The van der Waals surface area contributed by atoms with Crippen molar-refractivity contribution in [2.45, 2.75) is 11.8 Å². The molecule has 0 bridgehead atoms. The monoisotopic (exact) mass is 397 g/mol. The molecule has 0 fully saturated rings. The lowest BCUT2D eigenvalue weighted by Crippen LogP contribution is -2.13. The van der Waals surface area contributed by atoms with E-state index in [2.05, 4.69) is 4.72 Å². The predicted molar refractivity (Wildman–Crippen MR) is 109 cm³/mol. The average molecular weight is 397 g/mol. The van der Waals surface area contributed by atoms with E-state index in [0.29, 0.717) is 29.4 Å². The summed E-state index contributed by atoms with van der Waals surface area (Å²) in [5.74, 6) is 1.02. The van der Waals surface area contributed by atoms with Crippen molar-refractivity contribution in [3.8, 4) is 11.5 Å². The van der Waals surface area contributed by atoms with Crippen LogP contribution in [-0.4, -0.2) is 22.1 Å². The molecule has 0 aliphatic carbocycles. The van der Waals surface area contributed by atoms with Gasteiger partial charge in [0.25, 0.3) is 10.0 Å². The zero-order valence-electron chi connectivity index (χ0n) is 15.4. The van der Waals surface area contributed by atoms with Gasteiger partial charge >= 0.3 is 0 Å². The van der Waals surface area contributed by atoms with Crippen molar-refractivity contribution in [1.29, 1.82) is 0 Å². The van der Waals surface area contributed by atoms with Crippen LogP contribution in [0.3, 0.4) is 0 Å². The van der Waals surface area contributed by atoms with Gasteiger partial charge in [0, 0.05) is 16.8 Å². The first-order chi connectivity index (χ1) is 13.5. The Morgan fingerprint density at radius 3 is 2.43 bits per heavy atom. The highest BCUT2D eigenvalue weighted by Gasteiger charge is 2.19. The van der Waals surface area contributed by atoms with Crippen LogP contribution >= 0.6 is 0 Å². The van der Waals surface area contributed by atoms with Crippen molar-refractivity contribution in [3.05, 3.63) is 60.7 Å². The van der Waals surface area contributed by atoms with E-state index < -0.39 is 10.0 Å². The summed E-state index contributed by atoms with van der Waals surface area (Å²) >= 11 is 0. The zero-order valence-corrected chi connectivity index (χ0v) is 16.2. The molecule has 0 saturated carbocycles. The second-order valence-electron chi connectivity index (χ2n) is 6.16. The molecule has 3 aromatic carbocycles. The smallest absolute Gasteiger partial charge is 0.262 e. The van der Waals surface area contributed by atoms with E-state index in [4.69, 9.17) is 13.9 Å². The van der Waals surface area contributed by atoms with Gasteiger partial charge in [-0.25, -0.2) is 8.42 Å². The van der Waals surface area contributed by atoms with E-state index >= 15 is 0 Å². The Balaban J connectivity index is 1.74. The Bertz CT molecular complexity index is 1240. The topological polar surface area (TPSA) is 77.8 Å². The maximum atomic E-state index is 12.8. The summed E-state index contributed by atoms with van der Waals surface area (Å²) < 4.78 is 44.8. The summed E-state index contributed by atoms with van der Waals surface area (Å²) in [7, 11) is -2.31. The van der Waals surface area contributed by atoms with Gasteiger partial charge in [0.1, 0.15) is 22.7 Å². The number of para-hydroxylation sites is 1. The molecule has 1 heterocycles. The van der Waals surface area contributed by atoms with Crippen molar-refractivity contribution in [1.82, 2.24) is 0 Å². The van der Waals surface area contributed by atoms with E-state index in [9.17, 15) is 8.42 Å². The molecular formula is C21H19NO5S. The first-order valence-corrected chi connectivity index (χ1v) is 10.2. The normalized spacial score (nSPS) is 11.6. The third-order valence-electron chi connectivity index (χ3n) is 4.39. The van der Waals surface area contributed by atoms with Crippen LogP contribution in [-0.2, 0) is 10.0 Å². The summed E-state index contributed by atoms with van der Waals surface area (Å²) in [6, 6.07) is 17.3. The number of methoxy groups -OCH3 is 1. The Morgan fingerprint density at radius 1 is 0.964 bits per heavy atom. The predicted octanol–water partition coefficient (Wildman–Crippen LogP) is 4.79. The molecule has 0 aliphatic heterocycles. The molecule has 1 aromatic heterocycles. The fourth-order valence-corrected chi connectivity index (χ4v) is 4.15. The number of benzene rings is 3.